The van der Waals surface area contributed by atoms with Crippen LogP contribution in [0.4, 0.5) is 54.8 Å². The number of piperidine rings is 1. The van der Waals surface area contributed by atoms with Crippen LogP contribution in [-0.2, 0) is 12.4 Å². The molecule has 0 atom stereocenters. The normalized spacial score (nSPS) is 18.3. The van der Waals surface area contributed by atoms with Crippen molar-refractivity contribution in [3.8, 4) is 0 Å². The summed E-state index contributed by atoms with van der Waals surface area (Å²) < 4.78 is 80.6. The Kier molecular flexibility index (Phi) is 10.1. The van der Waals surface area contributed by atoms with Crippen LogP contribution in [0.3, 0.4) is 0 Å². The molecule has 4 aromatic carbocycles. The van der Waals surface area contributed by atoms with E-state index in [1.807, 2.05) is 36.4 Å². The van der Waals surface area contributed by atoms with E-state index in [-0.39, 0.29) is 0 Å². The number of rotatable bonds is 8. The van der Waals surface area contributed by atoms with Crippen LogP contribution in [0.2, 0.25) is 0 Å². The third-order valence-electron chi connectivity index (χ3n) is 11.4. The topological polar surface area (TPSA) is 80.0 Å². The summed E-state index contributed by atoms with van der Waals surface area (Å²) in [5.74, 6) is 1.07. The van der Waals surface area contributed by atoms with Crippen LogP contribution in [0.1, 0.15) is 85.1 Å². The second kappa shape index (κ2) is 15.5. The SMILES string of the molecule is FC(F)(F)c1ccc(Nc2cc(C3CCCCC3)ccc2C2=CC3=CC(c4ccc(N5CCCCC5)cc4Nc4ccc(C(F)(F)F)cc4)=NC4=NC=NC(=N2)N34)cc1. The smallest absolute Gasteiger partial charge is 0.371 e. The monoisotopic (exact) mass is 806 g/mol. The van der Waals surface area contributed by atoms with E-state index in [0.717, 1.165) is 99.1 Å². The zero-order chi connectivity index (χ0) is 40.7. The minimum Gasteiger partial charge on any atom is -0.371 e. The Labute approximate surface area is 337 Å². The maximum atomic E-state index is 13.4. The van der Waals surface area contributed by atoms with Crippen LogP contribution in [0.15, 0.2) is 123 Å². The Morgan fingerprint density at radius 1 is 0.593 bits per heavy atom. The number of alkyl halides is 6. The third kappa shape index (κ3) is 8.12. The van der Waals surface area contributed by atoms with Gasteiger partial charge in [0.25, 0.3) is 0 Å². The maximum absolute atomic E-state index is 13.4. The Hall–Kier alpha value is -6.18. The highest BCUT2D eigenvalue weighted by atomic mass is 19.4. The summed E-state index contributed by atoms with van der Waals surface area (Å²) in [4.78, 5) is 22.9. The van der Waals surface area contributed by atoms with Crippen LogP contribution in [-0.4, -0.2) is 42.0 Å². The van der Waals surface area contributed by atoms with Gasteiger partial charge in [-0.05, 0) is 129 Å². The number of hydrogen-bond acceptors (Lipinski definition) is 8. The van der Waals surface area contributed by atoms with Gasteiger partial charge in [0.2, 0.25) is 11.9 Å². The second-order valence-corrected chi connectivity index (χ2v) is 15.3. The molecule has 0 aromatic heterocycles. The number of nitrogens with one attached hydrogen (secondary N) is 2. The van der Waals surface area contributed by atoms with Crippen LogP contribution < -0.4 is 15.5 Å². The predicted octanol–water partition coefficient (Wildman–Crippen LogP) is 12.0. The van der Waals surface area contributed by atoms with Crippen molar-refractivity contribution in [2.75, 3.05) is 28.6 Å². The molecule has 59 heavy (non-hydrogen) atoms. The predicted molar refractivity (Wildman–Crippen MR) is 222 cm³/mol. The molecular formula is C45H40F6N8. The van der Waals surface area contributed by atoms with Gasteiger partial charge in [-0.25, -0.2) is 24.9 Å². The number of nitrogens with zero attached hydrogens (tertiary/aromatic N) is 6. The fourth-order valence-corrected chi connectivity index (χ4v) is 8.32. The van der Waals surface area contributed by atoms with Gasteiger partial charge < -0.3 is 15.5 Å². The van der Waals surface area contributed by atoms with Gasteiger partial charge in [-0.2, -0.15) is 26.3 Å². The zero-order valence-corrected chi connectivity index (χ0v) is 31.9. The van der Waals surface area contributed by atoms with Gasteiger partial charge >= 0.3 is 12.4 Å². The molecule has 0 unspecified atom stereocenters. The van der Waals surface area contributed by atoms with Crippen molar-refractivity contribution in [2.45, 2.75) is 69.6 Å². The first kappa shape index (κ1) is 38.3. The number of halogens is 6. The van der Waals surface area contributed by atoms with Crippen molar-refractivity contribution in [1.82, 2.24) is 4.90 Å². The second-order valence-electron chi connectivity index (χ2n) is 15.3. The molecule has 1 saturated carbocycles. The zero-order valence-electron chi connectivity index (χ0n) is 31.9. The first-order valence-corrected chi connectivity index (χ1v) is 19.9. The molecule has 14 heteroatoms. The molecule has 5 aliphatic rings. The standard InChI is InChI=1S/C45H40F6N8/c46-44(47,48)30-10-14-32(15-11-30)54-38-23-29(28-7-3-1-4-8-28)9-19-36(38)40-25-35-26-41(57-43-53-27-52-42(56-40)59(35)43)37-20-18-34(58-21-5-2-6-22-58)24-39(37)55-33-16-12-31(13-17-33)45(49,50)51/h9-20,23-28,54-55H,1-8,21-22H2. The van der Waals surface area contributed by atoms with E-state index in [9.17, 15) is 26.3 Å². The molecule has 0 radical (unpaired) electrons. The molecule has 4 heterocycles. The van der Waals surface area contributed by atoms with E-state index >= 15 is 0 Å². The molecule has 0 amide bonds. The summed E-state index contributed by atoms with van der Waals surface area (Å²) in [6, 6.07) is 22.2. The van der Waals surface area contributed by atoms with E-state index in [1.165, 1.54) is 37.0 Å². The molecule has 0 bridgehead atoms. The van der Waals surface area contributed by atoms with Gasteiger partial charge in [0.05, 0.1) is 33.9 Å². The van der Waals surface area contributed by atoms with Crippen LogP contribution >= 0.6 is 0 Å². The molecule has 302 valence electrons. The molecule has 0 spiro atoms. The number of guanidine groups is 2. The Morgan fingerprint density at radius 2 is 1.20 bits per heavy atom. The maximum Gasteiger partial charge on any atom is 0.416 e. The van der Waals surface area contributed by atoms with Crippen LogP contribution in [0.25, 0.3) is 5.70 Å². The van der Waals surface area contributed by atoms with Gasteiger partial charge in [-0.1, -0.05) is 31.4 Å². The fraction of sp³-hybridized carbons (Fsp3) is 0.289. The molecule has 8 nitrogen and oxygen atoms in total. The fourth-order valence-electron chi connectivity index (χ4n) is 8.32. The van der Waals surface area contributed by atoms with E-state index in [2.05, 4.69) is 37.7 Å². The number of anilines is 5. The summed E-state index contributed by atoms with van der Waals surface area (Å²) in [6.07, 6.45) is 5.24. The lowest BCUT2D eigenvalue weighted by molar-refractivity contribution is -0.138. The number of hydrogen-bond donors (Lipinski definition) is 2. The van der Waals surface area contributed by atoms with E-state index in [0.29, 0.717) is 63.3 Å². The number of benzene rings is 4. The summed E-state index contributed by atoms with van der Waals surface area (Å²) >= 11 is 0. The van der Waals surface area contributed by atoms with Gasteiger partial charge in [-0.3, -0.25) is 0 Å². The molecule has 2 fully saturated rings. The summed E-state index contributed by atoms with van der Waals surface area (Å²) in [5.41, 5.74) is 6.32. The lowest BCUT2D eigenvalue weighted by Gasteiger charge is -2.32. The van der Waals surface area contributed by atoms with Gasteiger partial charge in [0.1, 0.15) is 6.34 Å². The van der Waals surface area contributed by atoms with Crippen molar-refractivity contribution < 1.29 is 26.3 Å². The molecular weight excluding hydrogens is 767 g/mol. The number of aliphatic imine (C=N–C) groups is 4. The summed E-state index contributed by atoms with van der Waals surface area (Å²) in [5, 5.41) is 6.76. The first-order valence-electron chi connectivity index (χ1n) is 19.9. The van der Waals surface area contributed by atoms with Gasteiger partial charge in [0, 0.05) is 47.0 Å². The first-order chi connectivity index (χ1) is 28.5. The van der Waals surface area contributed by atoms with Crippen molar-refractivity contribution in [3.63, 3.8) is 0 Å². The average molecular weight is 807 g/mol. The highest BCUT2D eigenvalue weighted by Crippen LogP contribution is 2.40. The average Bonchev–Trinajstić information content (AvgIpc) is 3.24. The minimum atomic E-state index is -4.46. The summed E-state index contributed by atoms with van der Waals surface area (Å²) in [7, 11) is 0. The summed E-state index contributed by atoms with van der Waals surface area (Å²) in [6.45, 7) is 1.81. The minimum absolute atomic E-state index is 0.345. The van der Waals surface area contributed by atoms with Crippen molar-refractivity contribution in [2.24, 2.45) is 20.0 Å². The molecule has 4 aliphatic heterocycles. The highest BCUT2D eigenvalue weighted by Gasteiger charge is 2.34. The molecule has 4 aromatic rings. The van der Waals surface area contributed by atoms with E-state index in [4.69, 9.17) is 9.98 Å². The lowest BCUT2D eigenvalue weighted by Crippen LogP contribution is -2.40. The Balaban J connectivity index is 1.10. The van der Waals surface area contributed by atoms with Crippen molar-refractivity contribution in [3.05, 3.63) is 131 Å². The van der Waals surface area contributed by atoms with E-state index in [1.54, 1.807) is 4.90 Å². The van der Waals surface area contributed by atoms with Crippen molar-refractivity contribution in [1.29, 1.82) is 0 Å². The highest BCUT2D eigenvalue weighted by molar-refractivity contribution is 6.24. The van der Waals surface area contributed by atoms with Crippen LogP contribution in [0, 0.1) is 0 Å². The van der Waals surface area contributed by atoms with E-state index < -0.39 is 23.5 Å². The lowest BCUT2D eigenvalue weighted by atomic mass is 9.83. The largest absolute Gasteiger partial charge is 0.416 e. The Morgan fingerprint density at radius 3 is 1.85 bits per heavy atom. The molecule has 2 N–H and O–H groups in total. The van der Waals surface area contributed by atoms with Gasteiger partial charge in [0.15, 0.2) is 0 Å². The molecule has 9 rings (SSSR count). The molecule has 1 saturated heterocycles. The molecule has 1 aliphatic carbocycles. The van der Waals surface area contributed by atoms with Gasteiger partial charge in [-0.15, -0.1) is 0 Å². The third-order valence-corrected chi connectivity index (χ3v) is 11.4. The quantitative estimate of drug-likeness (QED) is 0.174. The number of allylic oxidation sites excluding steroid dienone is 2. The Bertz CT molecular complexity index is 2300. The van der Waals surface area contributed by atoms with Crippen LogP contribution in [0.5, 0.6) is 0 Å². The van der Waals surface area contributed by atoms with Crippen molar-refractivity contribution >= 4 is 58.1 Å².